The molecule has 0 saturated heterocycles. The molecule has 23 heavy (non-hydrogen) atoms. The van der Waals surface area contributed by atoms with Crippen LogP contribution in [0.2, 0.25) is 0 Å². The summed E-state index contributed by atoms with van der Waals surface area (Å²) in [6.45, 7) is 8.99. The maximum Gasteiger partial charge on any atom is 0.407 e. The number of amides is 1. The van der Waals surface area contributed by atoms with E-state index in [2.05, 4.69) is 35.1 Å². The summed E-state index contributed by atoms with van der Waals surface area (Å²) in [7, 11) is 1.71. The average molecular weight is 343 g/mol. The Morgan fingerprint density at radius 3 is 2.70 bits per heavy atom. The third-order valence-electron chi connectivity index (χ3n) is 3.22. The van der Waals surface area contributed by atoms with Gasteiger partial charge in [0.2, 0.25) is 0 Å². The highest BCUT2D eigenvalue weighted by Gasteiger charge is 2.16. The molecule has 1 unspecified atom stereocenters. The van der Waals surface area contributed by atoms with Crippen molar-refractivity contribution in [3.8, 4) is 0 Å². The molecule has 0 aliphatic rings. The summed E-state index contributed by atoms with van der Waals surface area (Å²) in [5, 5.41) is 8.46. The van der Waals surface area contributed by atoms with E-state index in [0.29, 0.717) is 19.2 Å². The van der Waals surface area contributed by atoms with Crippen LogP contribution in [0.3, 0.4) is 0 Å². The lowest BCUT2D eigenvalue weighted by Gasteiger charge is -2.23. The molecule has 5 nitrogen and oxygen atoms in total. The fraction of sp³-hybridized carbons (Fsp3) is 0.706. The molecule has 0 fully saturated rings. The van der Waals surface area contributed by atoms with Crippen molar-refractivity contribution in [2.75, 3.05) is 20.3 Å². The molecule has 2 N–H and O–H groups in total. The van der Waals surface area contributed by atoms with Gasteiger partial charge in [-0.2, -0.15) is 0 Å². The Kier molecular flexibility index (Phi) is 8.58. The molecule has 0 radical (unpaired) electrons. The lowest BCUT2D eigenvalue weighted by Crippen LogP contribution is -2.37. The standard InChI is InChI=1S/C17H30N2O3S/c1-13(15-9-7-11-23-15)19-14(12-21-5)8-6-10-18-16(20)22-17(2,3)4/h7,9,11,13-14,19H,6,8,10,12H2,1-5H3,(H,18,20)/t13-,14?/m1/s1. The van der Waals surface area contributed by atoms with Crippen LogP contribution in [0.1, 0.15) is 51.5 Å². The van der Waals surface area contributed by atoms with Crippen molar-refractivity contribution >= 4 is 17.4 Å². The first-order chi connectivity index (χ1) is 10.8. The van der Waals surface area contributed by atoms with E-state index in [1.165, 1.54) is 4.88 Å². The number of hydrogen-bond acceptors (Lipinski definition) is 5. The summed E-state index contributed by atoms with van der Waals surface area (Å²) < 4.78 is 10.5. The number of alkyl carbamates (subject to hydrolysis) is 1. The fourth-order valence-electron chi connectivity index (χ4n) is 2.24. The third kappa shape index (κ3) is 8.93. The van der Waals surface area contributed by atoms with Gasteiger partial charge in [-0.25, -0.2) is 4.79 Å². The molecular formula is C17H30N2O3S. The molecule has 1 aromatic heterocycles. The minimum Gasteiger partial charge on any atom is -0.444 e. The van der Waals surface area contributed by atoms with Crippen LogP contribution in [0.5, 0.6) is 0 Å². The number of thiophene rings is 1. The highest BCUT2D eigenvalue weighted by Crippen LogP contribution is 2.19. The molecule has 0 bridgehead atoms. The van der Waals surface area contributed by atoms with E-state index in [1.807, 2.05) is 20.8 Å². The fourth-order valence-corrected chi connectivity index (χ4v) is 2.99. The van der Waals surface area contributed by atoms with Crippen molar-refractivity contribution in [1.29, 1.82) is 0 Å². The smallest absolute Gasteiger partial charge is 0.407 e. The Morgan fingerprint density at radius 1 is 1.39 bits per heavy atom. The maximum atomic E-state index is 11.6. The van der Waals surface area contributed by atoms with E-state index in [1.54, 1.807) is 18.4 Å². The second-order valence-electron chi connectivity index (χ2n) is 6.63. The van der Waals surface area contributed by atoms with Gasteiger partial charge in [0.15, 0.2) is 0 Å². The van der Waals surface area contributed by atoms with Crippen LogP contribution in [-0.2, 0) is 9.47 Å². The van der Waals surface area contributed by atoms with E-state index in [-0.39, 0.29) is 12.1 Å². The number of nitrogens with one attached hydrogen (secondary N) is 2. The van der Waals surface area contributed by atoms with E-state index in [4.69, 9.17) is 9.47 Å². The van der Waals surface area contributed by atoms with Crippen LogP contribution in [0.15, 0.2) is 17.5 Å². The first-order valence-electron chi connectivity index (χ1n) is 8.07. The molecule has 1 heterocycles. The molecule has 132 valence electrons. The van der Waals surface area contributed by atoms with Gasteiger partial charge in [-0.3, -0.25) is 0 Å². The molecule has 1 aromatic rings. The van der Waals surface area contributed by atoms with Crippen LogP contribution in [0.25, 0.3) is 0 Å². The van der Waals surface area contributed by atoms with Gasteiger partial charge in [0.25, 0.3) is 0 Å². The highest BCUT2D eigenvalue weighted by molar-refractivity contribution is 7.10. The van der Waals surface area contributed by atoms with Gasteiger partial charge < -0.3 is 20.1 Å². The number of ether oxygens (including phenoxy) is 2. The molecule has 0 aliphatic heterocycles. The monoisotopic (exact) mass is 342 g/mol. The van der Waals surface area contributed by atoms with Gasteiger partial charge >= 0.3 is 6.09 Å². The predicted octanol–water partition coefficient (Wildman–Crippen LogP) is 3.72. The second kappa shape index (κ2) is 9.90. The molecule has 6 heteroatoms. The van der Waals surface area contributed by atoms with E-state index >= 15 is 0 Å². The first-order valence-corrected chi connectivity index (χ1v) is 8.95. The summed E-state index contributed by atoms with van der Waals surface area (Å²) in [5.74, 6) is 0. The Balaban J connectivity index is 2.29. The lowest BCUT2D eigenvalue weighted by atomic mass is 10.1. The Hall–Kier alpha value is -1.11. The Morgan fingerprint density at radius 2 is 2.13 bits per heavy atom. The Labute approximate surface area is 143 Å². The highest BCUT2D eigenvalue weighted by atomic mass is 32.1. The summed E-state index contributed by atoms with van der Waals surface area (Å²) >= 11 is 1.75. The number of rotatable bonds is 9. The van der Waals surface area contributed by atoms with Gasteiger partial charge in [-0.05, 0) is 52.0 Å². The van der Waals surface area contributed by atoms with Gasteiger partial charge in [-0.15, -0.1) is 11.3 Å². The van der Waals surface area contributed by atoms with Crippen molar-refractivity contribution < 1.29 is 14.3 Å². The van der Waals surface area contributed by atoms with E-state index < -0.39 is 5.60 Å². The summed E-state index contributed by atoms with van der Waals surface area (Å²) in [6, 6.07) is 4.76. The maximum absolute atomic E-state index is 11.6. The summed E-state index contributed by atoms with van der Waals surface area (Å²) in [5.41, 5.74) is -0.458. The van der Waals surface area contributed by atoms with Crippen molar-refractivity contribution in [3.63, 3.8) is 0 Å². The van der Waals surface area contributed by atoms with Crippen molar-refractivity contribution in [2.45, 2.75) is 58.2 Å². The zero-order valence-corrected chi connectivity index (χ0v) is 15.7. The third-order valence-corrected chi connectivity index (χ3v) is 4.28. The molecule has 1 rings (SSSR count). The first kappa shape index (κ1) is 19.9. The van der Waals surface area contributed by atoms with Crippen LogP contribution in [0, 0.1) is 0 Å². The summed E-state index contributed by atoms with van der Waals surface area (Å²) in [4.78, 5) is 12.9. The van der Waals surface area contributed by atoms with Gasteiger partial charge in [-0.1, -0.05) is 6.07 Å². The van der Waals surface area contributed by atoms with Crippen molar-refractivity contribution in [3.05, 3.63) is 22.4 Å². The number of carbonyl (C=O) groups excluding carboxylic acids is 1. The predicted molar refractivity (Wildman–Crippen MR) is 95.0 cm³/mol. The number of carbonyl (C=O) groups is 1. The molecular weight excluding hydrogens is 312 g/mol. The van der Waals surface area contributed by atoms with Crippen LogP contribution in [-0.4, -0.2) is 38.0 Å². The second-order valence-corrected chi connectivity index (χ2v) is 7.61. The quantitative estimate of drug-likeness (QED) is 0.672. The average Bonchev–Trinajstić information content (AvgIpc) is 2.95. The van der Waals surface area contributed by atoms with Gasteiger partial charge in [0.05, 0.1) is 6.61 Å². The largest absolute Gasteiger partial charge is 0.444 e. The molecule has 2 atom stereocenters. The minimum atomic E-state index is -0.458. The van der Waals surface area contributed by atoms with Crippen molar-refractivity contribution in [2.24, 2.45) is 0 Å². The van der Waals surface area contributed by atoms with E-state index in [9.17, 15) is 4.79 Å². The molecule has 0 aliphatic carbocycles. The van der Waals surface area contributed by atoms with Gasteiger partial charge in [0.1, 0.15) is 5.60 Å². The van der Waals surface area contributed by atoms with Crippen LogP contribution in [0.4, 0.5) is 4.79 Å². The minimum absolute atomic E-state index is 0.262. The van der Waals surface area contributed by atoms with Crippen molar-refractivity contribution in [1.82, 2.24) is 10.6 Å². The van der Waals surface area contributed by atoms with E-state index in [0.717, 1.165) is 12.8 Å². The molecule has 1 amide bonds. The summed E-state index contributed by atoms with van der Waals surface area (Å²) in [6.07, 6.45) is 1.44. The molecule has 0 aromatic carbocycles. The number of methoxy groups -OCH3 is 1. The topological polar surface area (TPSA) is 59.6 Å². The zero-order valence-electron chi connectivity index (χ0n) is 14.8. The number of hydrogen-bond donors (Lipinski definition) is 2. The molecule has 0 saturated carbocycles. The Bertz CT molecular complexity index is 443. The van der Waals surface area contributed by atoms with Crippen LogP contribution < -0.4 is 10.6 Å². The SMILES string of the molecule is COCC(CCCNC(=O)OC(C)(C)C)N[C@H](C)c1cccs1. The molecule has 0 spiro atoms. The van der Waals surface area contributed by atoms with Crippen LogP contribution >= 0.6 is 11.3 Å². The van der Waals surface area contributed by atoms with Gasteiger partial charge in [0, 0.05) is 30.6 Å². The zero-order chi connectivity index (χ0) is 17.3. The lowest BCUT2D eigenvalue weighted by molar-refractivity contribution is 0.0526. The normalized spacial score (nSPS) is 14.3.